The van der Waals surface area contributed by atoms with E-state index in [1.165, 1.54) is 6.07 Å². The van der Waals surface area contributed by atoms with Crippen molar-refractivity contribution in [2.75, 3.05) is 16.8 Å². The molecule has 1 saturated heterocycles. The average molecular weight is 476 g/mol. The lowest BCUT2D eigenvalue weighted by atomic mass is 10.0. The second-order valence-corrected chi connectivity index (χ2v) is 9.74. The zero-order valence-corrected chi connectivity index (χ0v) is 20.1. The third kappa shape index (κ3) is 4.70. The molecule has 35 heavy (non-hydrogen) atoms. The molecule has 1 unspecified atom stereocenters. The molecule has 1 aromatic heterocycles. The summed E-state index contributed by atoms with van der Waals surface area (Å²) in [6.07, 6.45) is 4.25. The molecule has 7 nitrogen and oxygen atoms in total. The zero-order valence-electron chi connectivity index (χ0n) is 20.1. The van der Waals surface area contributed by atoms with Gasteiger partial charge in [0.25, 0.3) is 0 Å². The van der Waals surface area contributed by atoms with E-state index in [1.807, 2.05) is 24.3 Å². The molecule has 5 rings (SSSR count). The van der Waals surface area contributed by atoms with Crippen LogP contribution in [0.15, 0.2) is 42.5 Å². The van der Waals surface area contributed by atoms with Crippen LogP contribution in [-0.4, -0.2) is 33.1 Å². The molecular weight excluding hydrogens is 445 g/mol. The van der Waals surface area contributed by atoms with Crippen molar-refractivity contribution in [2.24, 2.45) is 5.92 Å². The van der Waals surface area contributed by atoms with Crippen molar-refractivity contribution in [3.8, 4) is 11.4 Å². The largest absolute Gasteiger partial charge is 0.323 e. The van der Waals surface area contributed by atoms with Crippen LogP contribution in [0.3, 0.4) is 0 Å². The molecule has 2 aliphatic rings. The van der Waals surface area contributed by atoms with Crippen molar-refractivity contribution in [1.82, 2.24) is 14.8 Å². The Kier molecular flexibility index (Phi) is 6.36. The fourth-order valence-electron chi connectivity index (χ4n) is 4.88. The van der Waals surface area contributed by atoms with E-state index in [1.54, 1.807) is 17.0 Å². The molecule has 2 aromatic carbocycles. The molecule has 1 N–H and O–H groups in total. The van der Waals surface area contributed by atoms with Gasteiger partial charge in [0.1, 0.15) is 11.6 Å². The Morgan fingerprint density at radius 1 is 1.11 bits per heavy atom. The minimum absolute atomic E-state index is 0.0891. The number of carbonyl (C=O) groups is 2. The van der Waals surface area contributed by atoms with E-state index < -0.39 is 11.7 Å². The SMILES string of the molecule is CC(C)c1cccc(N2CC(C(=O)Nc3cc(-c4nnc5n4CCCCC5)ccc3F)CC2=O)c1. The third-order valence-corrected chi connectivity index (χ3v) is 6.94. The second kappa shape index (κ2) is 9.60. The molecule has 8 heteroatoms. The summed E-state index contributed by atoms with van der Waals surface area (Å²) in [5, 5.41) is 11.4. The van der Waals surface area contributed by atoms with Crippen molar-refractivity contribution in [3.63, 3.8) is 0 Å². The van der Waals surface area contributed by atoms with Crippen molar-refractivity contribution >= 4 is 23.2 Å². The first-order chi connectivity index (χ1) is 16.9. The number of aromatic nitrogens is 3. The molecule has 2 aliphatic heterocycles. The highest BCUT2D eigenvalue weighted by molar-refractivity contribution is 6.03. The van der Waals surface area contributed by atoms with Crippen molar-refractivity contribution < 1.29 is 14.0 Å². The molecule has 0 spiro atoms. The summed E-state index contributed by atoms with van der Waals surface area (Å²) in [7, 11) is 0. The Morgan fingerprint density at radius 2 is 1.97 bits per heavy atom. The van der Waals surface area contributed by atoms with Crippen LogP contribution in [0.1, 0.15) is 56.8 Å². The summed E-state index contributed by atoms with van der Waals surface area (Å²) in [6, 6.07) is 12.4. The quantitative estimate of drug-likeness (QED) is 0.568. The number of benzene rings is 2. The summed E-state index contributed by atoms with van der Waals surface area (Å²) < 4.78 is 16.8. The van der Waals surface area contributed by atoms with Gasteiger partial charge in [-0.05, 0) is 54.7 Å². The van der Waals surface area contributed by atoms with Gasteiger partial charge in [-0.2, -0.15) is 0 Å². The maximum absolute atomic E-state index is 14.7. The molecule has 0 saturated carbocycles. The number of hydrogen-bond acceptors (Lipinski definition) is 4. The van der Waals surface area contributed by atoms with Crippen molar-refractivity contribution in [1.29, 1.82) is 0 Å². The maximum Gasteiger partial charge on any atom is 0.229 e. The van der Waals surface area contributed by atoms with Gasteiger partial charge in [0.2, 0.25) is 11.8 Å². The fourth-order valence-corrected chi connectivity index (χ4v) is 4.88. The van der Waals surface area contributed by atoms with Crippen LogP contribution >= 0.6 is 0 Å². The van der Waals surface area contributed by atoms with Gasteiger partial charge in [0.15, 0.2) is 5.82 Å². The lowest BCUT2D eigenvalue weighted by Crippen LogP contribution is -2.28. The number of anilines is 2. The maximum atomic E-state index is 14.7. The Balaban J connectivity index is 1.33. The molecular formula is C27H30FN5O2. The topological polar surface area (TPSA) is 80.1 Å². The standard InChI is InChI=1S/C27H30FN5O2/c1-17(2)18-7-6-8-21(13-18)33-16-20(15-25(33)34)27(35)29-23-14-19(10-11-22(23)28)26-31-30-24-9-4-3-5-12-32(24)26/h6-8,10-11,13-14,17,20H,3-5,9,12,15-16H2,1-2H3,(H,29,35). The smallest absolute Gasteiger partial charge is 0.229 e. The van der Waals surface area contributed by atoms with Crippen LogP contribution in [0.25, 0.3) is 11.4 Å². The summed E-state index contributed by atoms with van der Waals surface area (Å²) >= 11 is 0. The zero-order chi connectivity index (χ0) is 24.5. The third-order valence-electron chi connectivity index (χ3n) is 6.94. The predicted molar refractivity (Wildman–Crippen MR) is 133 cm³/mol. The first-order valence-electron chi connectivity index (χ1n) is 12.3. The number of nitrogens with zero attached hydrogens (tertiary/aromatic N) is 4. The number of fused-ring (bicyclic) bond motifs is 1. The molecule has 0 bridgehead atoms. The number of hydrogen-bond donors (Lipinski definition) is 1. The first kappa shape index (κ1) is 23.2. The molecule has 182 valence electrons. The van der Waals surface area contributed by atoms with Gasteiger partial charge in [-0.1, -0.05) is 32.4 Å². The highest BCUT2D eigenvalue weighted by Crippen LogP contribution is 2.30. The summed E-state index contributed by atoms with van der Waals surface area (Å²) in [4.78, 5) is 27.4. The Morgan fingerprint density at radius 3 is 2.80 bits per heavy atom. The van der Waals surface area contributed by atoms with Gasteiger partial charge in [0.05, 0.1) is 11.6 Å². The molecule has 1 atom stereocenters. The molecule has 3 aromatic rings. The van der Waals surface area contributed by atoms with Crippen molar-refractivity contribution in [2.45, 2.75) is 58.4 Å². The summed E-state index contributed by atoms with van der Waals surface area (Å²) in [5.41, 5.74) is 2.72. The summed E-state index contributed by atoms with van der Waals surface area (Å²) in [6.45, 7) is 5.29. The molecule has 0 aliphatic carbocycles. The van der Waals surface area contributed by atoms with E-state index in [0.29, 0.717) is 17.3 Å². The van der Waals surface area contributed by atoms with Crippen LogP contribution in [0.2, 0.25) is 0 Å². The normalized spacial score (nSPS) is 18.0. The molecule has 2 amide bonds. The Hall–Kier alpha value is -3.55. The van der Waals surface area contributed by atoms with E-state index in [4.69, 9.17) is 0 Å². The van der Waals surface area contributed by atoms with E-state index >= 15 is 0 Å². The predicted octanol–water partition coefficient (Wildman–Crippen LogP) is 4.93. The van der Waals surface area contributed by atoms with Gasteiger partial charge >= 0.3 is 0 Å². The number of carbonyl (C=O) groups excluding carboxylic acids is 2. The monoisotopic (exact) mass is 475 g/mol. The minimum atomic E-state index is -0.558. The molecule has 0 radical (unpaired) electrons. The molecule has 3 heterocycles. The Bertz CT molecular complexity index is 1270. The minimum Gasteiger partial charge on any atom is -0.323 e. The highest BCUT2D eigenvalue weighted by Gasteiger charge is 2.35. The lowest BCUT2D eigenvalue weighted by Gasteiger charge is -2.18. The second-order valence-electron chi connectivity index (χ2n) is 9.74. The van der Waals surface area contributed by atoms with Crippen LogP contribution in [0.5, 0.6) is 0 Å². The van der Waals surface area contributed by atoms with E-state index in [0.717, 1.165) is 49.3 Å². The van der Waals surface area contributed by atoms with E-state index in [-0.39, 0.29) is 30.5 Å². The first-order valence-corrected chi connectivity index (χ1v) is 12.3. The lowest BCUT2D eigenvalue weighted by molar-refractivity contribution is -0.122. The van der Waals surface area contributed by atoms with Crippen LogP contribution in [-0.2, 0) is 22.6 Å². The van der Waals surface area contributed by atoms with Crippen LogP contribution in [0.4, 0.5) is 15.8 Å². The van der Waals surface area contributed by atoms with E-state index in [2.05, 4.69) is 33.9 Å². The van der Waals surface area contributed by atoms with Gasteiger partial charge < -0.3 is 14.8 Å². The van der Waals surface area contributed by atoms with Gasteiger partial charge in [0, 0.05) is 37.2 Å². The number of rotatable bonds is 5. The summed E-state index contributed by atoms with van der Waals surface area (Å²) in [5.74, 6) is 0.412. The van der Waals surface area contributed by atoms with Crippen LogP contribution < -0.4 is 10.2 Å². The van der Waals surface area contributed by atoms with Gasteiger partial charge in [-0.15, -0.1) is 10.2 Å². The number of nitrogens with one attached hydrogen (secondary N) is 1. The van der Waals surface area contributed by atoms with Crippen LogP contribution in [0, 0.1) is 11.7 Å². The Labute approximate surface area is 204 Å². The fraction of sp³-hybridized carbons (Fsp3) is 0.407. The van der Waals surface area contributed by atoms with Gasteiger partial charge in [-0.3, -0.25) is 9.59 Å². The average Bonchev–Trinajstić information content (AvgIpc) is 3.36. The number of halogens is 1. The highest BCUT2D eigenvalue weighted by atomic mass is 19.1. The van der Waals surface area contributed by atoms with E-state index in [9.17, 15) is 14.0 Å². The van der Waals surface area contributed by atoms with Gasteiger partial charge in [-0.25, -0.2) is 4.39 Å². The number of aryl methyl sites for hydroxylation is 1. The number of amides is 2. The molecule has 1 fully saturated rings. The van der Waals surface area contributed by atoms with Crippen molar-refractivity contribution in [3.05, 3.63) is 59.7 Å².